The molecule has 0 saturated heterocycles. The van der Waals surface area contributed by atoms with Gasteiger partial charge in [-0.2, -0.15) is 0 Å². The van der Waals surface area contributed by atoms with Gasteiger partial charge in [-0.1, -0.05) is 79.9 Å². The Hall–Kier alpha value is -1.87. The molecule has 4 rings (SSSR count). The zero-order valence-corrected chi connectivity index (χ0v) is 36.3. The van der Waals surface area contributed by atoms with Crippen LogP contribution in [0, 0.1) is 46.3 Å². The molecule has 0 aromatic rings. The highest BCUT2D eigenvalue weighted by Gasteiger charge is 2.58. The van der Waals surface area contributed by atoms with E-state index in [0.717, 1.165) is 61.7 Å². The summed E-state index contributed by atoms with van der Waals surface area (Å²) in [5, 5.41) is 8.99. The van der Waals surface area contributed by atoms with Gasteiger partial charge in [0.15, 0.2) is 0 Å². The standard InChI is InChI=1S/C43H75BN4O4.C2H6.CH4/c1-29(2)13-9-10-14-31-17-19-34-33-18-16-32-27-30(20-24-42(32,6)35(33)21-25-41(31,34)5)39(51)48-43(7,44)28-52-40(3,4)23-22-37(49)47-26-12-11-15-36(46-8)38(45)50;1-2;/h16,29-31,33-36,46H,9-15,17-28H2,1-8H3,(H2,45,50)(H,47,49)(H,48,51);1-2H3;1H4. The van der Waals surface area contributed by atoms with Crippen LogP contribution < -0.4 is 21.7 Å². The summed E-state index contributed by atoms with van der Waals surface area (Å²) >= 11 is 0. The van der Waals surface area contributed by atoms with E-state index < -0.39 is 11.0 Å². The summed E-state index contributed by atoms with van der Waals surface area (Å²) in [6, 6.07) is -0.338. The van der Waals surface area contributed by atoms with Crippen molar-refractivity contribution in [3.05, 3.63) is 11.6 Å². The summed E-state index contributed by atoms with van der Waals surface area (Å²) < 4.78 is 6.20. The van der Waals surface area contributed by atoms with Crippen LogP contribution in [0.25, 0.3) is 0 Å². The molecule has 0 bridgehead atoms. The summed E-state index contributed by atoms with van der Waals surface area (Å²) in [5.74, 6) is 3.68. The second kappa shape index (κ2) is 21.8. The molecule has 3 saturated carbocycles. The molecular formula is C46H85BN4O4. The lowest BCUT2D eigenvalue weighted by Gasteiger charge is -2.58. The summed E-state index contributed by atoms with van der Waals surface area (Å²) in [7, 11) is 8.34. The number of nitrogens with one attached hydrogen (secondary N) is 3. The Morgan fingerprint density at radius 2 is 1.67 bits per heavy atom. The van der Waals surface area contributed by atoms with Gasteiger partial charge < -0.3 is 26.4 Å². The van der Waals surface area contributed by atoms with Crippen LogP contribution in [0.1, 0.15) is 179 Å². The molecule has 0 aromatic carbocycles. The SMILES string of the molecule is C.CC.[B]C(C)(COC(C)(C)CCC(=O)NCCCCC(NC)C(N)=O)NC(=O)C1CCC2(C)C(=CCC3C2CCC2(C)C(CCCCC(C)C)CCC32)C1. The van der Waals surface area contributed by atoms with E-state index in [1.807, 2.05) is 34.6 Å². The molecule has 4 aliphatic carbocycles. The van der Waals surface area contributed by atoms with Crippen LogP contribution >= 0.6 is 0 Å². The molecule has 4 aliphatic rings. The molecule has 9 atom stereocenters. The number of hydrogen-bond acceptors (Lipinski definition) is 5. The van der Waals surface area contributed by atoms with Gasteiger partial charge in [0, 0.05) is 24.3 Å². The highest BCUT2D eigenvalue weighted by molar-refractivity contribution is 6.16. The molecule has 0 heterocycles. The monoisotopic (exact) mass is 769 g/mol. The zero-order valence-electron chi connectivity index (χ0n) is 36.3. The Bertz CT molecular complexity index is 1250. The largest absolute Gasteiger partial charge is 0.374 e. The van der Waals surface area contributed by atoms with Crippen LogP contribution in [0.15, 0.2) is 11.6 Å². The Balaban J connectivity index is 0.00000343. The van der Waals surface area contributed by atoms with Crippen molar-refractivity contribution >= 4 is 25.6 Å². The molecule has 5 N–H and O–H groups in total. The average Bonchev–Trinajstić information content (AvgIpc) is 3.46. The molecule has 9 heteroatoms. The molecule has 3 amide bonds. The fraction of sp³-hybridized carbons (Fsp3) is 0.891. The second-order valence-corrected chi connectivity index (χ2v) is 19.2. The Morgan fingerprint density at radius 3 is 2.33 bits per heavy atom. The normalized spacial score (nSPS) is 30.2. The number of ether oxygens (including phenoxy) is 1. The van der Waals surface area contributed by atoms with Crippen LogP contribution in [-0.4, -0.2) is 62.8 Å². The summed E-state index contributed by atoms with van der Waals surface area (Å²) in [6.07, 6.45) is 20.8. The predicted octanol–water partition coefficient (Wildman–Crippen LogP) is 9.00. The van der Waals surface area contributed by atoms with Gasteiger partial charge in [0.2, 0.25) is 17.7 Å². The number of likely N-dealkylation sites (N-methyl/N-ethyl adjacent to an activating group) is 1. The van der Waals surface area contributed by atoms with E-state index in [0.29, 0.717) is 31.2 Å². The van der Waals surface area contributed by atoms with Gasteiger partial charge in [-0.05, 0) is 152 Å². The lowest BCUT2D eigenvalue weighted by atomic mass is 9.47. The van der Waals surface area contributed by atoms with E-state index in [2.05, 4.69) is 49.7 Å². The first-order valence-corrected chi connectivity index (χ1v) is 22.1. The summed E-state index contributed by atoms with van der Waals surface area (Å²) in [5.41, 5.74) is 6.02. The smallest absolute Gasteiger partial charge is 0.234 e. The van der Waals surface area contributed by atoms with Crippen molar-refractivity contribution in [2.75, 3.05) is 20.2 Å². The maximum Gasteiger partial charge on any atom is 0.234 e. The quantitative estimate of drug-likeness (QED) is 0.0560. The number of fused-ring (bicyclic) bond motifs is 5. The van der Waals surface area contributed by atoms with Gasteiger partial charge in [-0.3, -0.25) is 14.4 Å². The Morgan fingerprint density at radius 1 is 0.982 bits per heavy atom. The summed E-state index contributed by atoms with van der Waals surface area (Å²) in [6.45, 7) is 20.3. The molecular weight excluding hydrogens is 683 g/mol. The van der Waals surface area contributed by atoms with Crippen molar-refractivity contribution in [1.29, 1.82) is 0 Å². The van der Waals surface area contributed by atoms with Gasteiger partial charge in [-0.15, -0.1) is 0 Å². The Labute approximate surface area is 339 Å². The zero-order chi connectivity index (χ0) is 40.3. The van der Waals surface area contributed by atoms with Gasteiger partial charge in [0.25, 0.3) is 0 Å². The van der Waals surface area contributed by atoms with E-state index in [9.17, 15) is 14.4 Å². The molecule has 0 aliphatic heterocycles. The number of carbonyl (C=O) groups excluding carboxylic acids is 3. The number of carbonyl (C=O) groups is 3. The maximum absolute atomic E-state index is 13.7. The minimum Gasteiger partial charge on any atom is -0.374 e. The van der Waals surface area contributed by atoms with E-state index in [1.165, 1.54) is 63.4 Å². The van der Waals surface area contributed by atoms with E-state index >= 15 is 0 Å². The van der Waals surface area contributed by atoms with Crippen molar-refractivity contribution in [3.8, 4) is 0 Å². The highest BCUT2D eigenvalue weighted by Crippen LogP contribution is 2.67. The molecule has 55 heavy (non-hydrogen) atoms. The van der Waals surface area contributed by atoms with Crippen LogP contribution in [-0.2, 0) is 19.1 Å². The van der Waals surface area contributed by atoms with Crippen LogP contribution in [0.4, 0.5) is 0 Å². The number of hydrogen-bond donors (Lipinski definition) is 4. The van der Waals surface area contributed by atoms with Crippen LogP contribution in [0.3, 0.4) is 0 Å². The fourth-order valence-corrected chi connectivity index (χ4v) is 10.9. The van der Waals surface area contributed by atoms with Crippen molar-refractivity contribution < 1.29 is 19.1 Å². The van der Waals surface area contributed by atoms with Gasteiger partial charge in [0.05, 0.1) is 18.2 Å². The first-order valence-electron chi connectivity index (χ1n) is 22.1. The predicted molar refractivity (Wildman–Crippen MR) is 231 cm³/mol. The fourth-order valence-electron chi connectivity index (χ4n) is 10.9. The molecule has 0 spiro atoms. The summed E-state index contributed by atoms with van der Waals surface area (Å²) in [4.78, 5) is 37.5. The molecule has 3 fully saturated rings. The minimum atomic E-state index is -1.01. The Kier molecular flexibility index (Phi) is 19.5. The maximum atomic E-state index is 13.7. The third-order valence-corrected chi connectivity index (χ3v) is 14.3. The average molecular weight is 769 g/mol. The molecule has 2 radical (unpaired) electrons. The molecule has 8 nitrogen and oxygen atoms in total. The number of unbranched alkanes of at least 4 members (excludes halogenated alkanes) is 2. The topological polar surface area (TPSA) is 123 Å². The number of allylic oxidation sites excluding steroid dienone is 2. The third kappa shape index (κ3) is 13.3. The lowest BCUT2D eigenvalue weighted by molar-refractivity contribution is -0.129. The number of amides is 3. The van der Waals surface area contributed by atoms with E-state index in [1.54, 1.807) is 7.05 Å². The van der Waals surface area contributed by atoms with Crippen molar-refractivity contribution in [2.45, 2.75) is 196 Å². The van der Waals surface area contributed by atoms with Crippen molar-refractivity contribution in [1.82, 2.24) is 16.0 Å². The van der Waals surface area contributed by atoms with Gasteiger partial charge >= 0.3 is 0 Å². The van der Waals surface area contributed by atoms with Crippen LogP contribution in [0.2, 0.25) is 0 Å². The van der Waals surface area contributed by atoms with E-state index in [4.69, 9.17) is 18.3 Å². The first kappa shape index (κ1) is 49.3. The third-order valence-electron chi connectivity index (χ3n) is 14.3. The highest BCUT2D eigenvalue weighted by atomic mass is 16.5. The molecule has 316 valence electrons. The van der Waals surface area contributed by atoms with Gasteiger partial charge in [0.1, 0.15) is 7.85 Å². The van der Waals surface area contributed by atoms with Gasteiger partial charge in [-0.25, -0.2) is 0 Å². The van der Waals surface area contributed by atoms with Crippen LogP contribution in [0.5, 0.6) is 0 Å². The first-order chi connectivity index (χ1) is 25.4. The second-order valence-electron chi connectivity index (χ2n) is 19.2. The van der Waals surface area contributed by atoms with E-state index in [-0.39, 0.29) is 49.1 Å². The lowest BCUT2D eigenvalue weighted by Crippen LogP contribution is -2.54. The molecule has 9 unspecified atom stereocenters. The number of rotatable bonds is 20. The van der Waals surface area contributed by atoms with Crippen molar-refractivity contribution in [2.24, 2.45) is 52.1 Å². The van der Waals surface area contributed by atoms with Crippen molar-refractivity contribution in [3.63, 3.8) is 0 Å². The molecule has 0 aromatic heterocycles. The number of nitrogens with two attached hydrogens (primary N) is 1. The minimum absolute atomic E-state index is 0. The number of primary amides is 1.